The molecule has 0 aromatic heterocycles. The molecule has 0 saturated heterocycles. The first-order chi connectivity index (χ1) is 14.1. The van der Waals surface area contributed by atoms with Crippen LogP contribution in [0.15, 0.2) is 54.6 Å². The van der Waals surface area contributed by atoms with Crippen molar-refractivity contribution in [1.82, 2.24) is 14.5 Å². The molecule has 162 valence electrons. The van der Waals surface area contributed by atoms with E-state index in [1.54, 1.807) is 31.2 Å². The summed E-state index contributed by atoms with van der Waals surface area (Å²) >= 11 is 5.92. The van der Waals surface area contributed by atoms with Crippen molar-refractivity contribution < 1.29 is 18.0 Å². The van der Waals surface area contributed by atoms with E-state index in [9.17, 15) is 18.0 Å². The van der Waals surface area contributed by atoms with Crippen molar-refractivity contribution in [2.75, 3.05) is 19.8 Å². The lowest BCUT2D eigenvalue weighted by Crippen LogP contribution is -2.50. The molecule has 7 nitrogen and oxygen atoms in total. The van der Waals surface area contributed by atoms with Gasteiger partial charge in [0.2, 0.25) is 21.8 Å². The number of hydrogen-bond acceptors (Lipinski definition) is 4. The van der Waals surface area contributed by atoms with Crippen LogP contribution in [0.1, 0.15) is 18.1 Å². The molecule has 0 aliphatic carbocycles. The van der Waals surface area contributed by atoms with Crippen LogP contribution in [0.3, 0.4) is 0 Å². The number of sulfonamides is 1. The SMILES string of the molecule is C[C@H](C(=O)NCc1ccccc1)N(Cc1ccc(Cl)cc1)C(=O)CN(C)S(C)(=O)=O. The molecule has 2 aromatic carbocycles. The first kappa shape index (κ1) is 23.9. The summed E-state index contributed by atoms with van der Waals surface area (Å²) in [4.78, 5) is 27.0. The minimum absolute atomic E-state index is 0.146. The Balaban J connectivity index is 2.16. The van der Waals surface area contributed by atoms with Gasteiger partial charge in [0.25, 0.3) is 0 Å². The van der Waals surface area contributed by atoms with E-state index in [0.29, 0.717) is 11.6 Å². The summed E-state index contributed by atoms with van der Waals surface area (Å²) in [7, 11) is -2.21. The Hall–Kier alpha value is -2.42. The molecular formula is C21H26ClN3O4S. The summed E-state index contributed by atoms with van der Waals surface area (Å²) < 4.78 is 24.4. The molecule has 1 N–H and O–H groups in total. The molecule has 2 aromatic rings. The Morgan fingerprint density at radius 2 is 1.63 bits per heavy atom. The van der Waals surface area contributed by atoms with Crippen LogP contribution in [-0.2, 0) is 32.7 Å². The highest BCUT2D eigenvalue weighted by Crippen LogP contribution is 2.14. The fourth-order valence-corrected chi connectivity index (χ4v) is 3.17. The van der Waals surface area contributed by atoms with Crippen LogP contribution in [0.5, 0.6) is 0 Å². The van der Waals surface area contributed by atoms with Crippen LogP contribution >= 0.6 is 11.6 Å². The fraction of sp³-hybridized carbons (Fsp3) is 0.333. The van der Waals surface area contributed by atoms with Crippen LogP contribution < -0.4 is 5.32 Å². The van der Waals surface area contributed by atoms with Gasteiger partial charge >= 0.3 is 0 Å². The number of benzene rings is 2. The zero-order chi connectivity index (χ0) is 22.3. The molecule has 1 atom stereocenters. The number of likely N-dealkylation sites (N-methyl/N-ethyl adjacent to an activating group) is 1. The molecule has 0 bridgehead atoms. The van der Waals surface area contributed by atoms with Crippen LogP contribution in [-0.4, -0.2) is 55.3 Å². The van der Waals surface area contributed by atoms with E-state index >= 15 is 0 Å². The van der Waals surface area contributed by atoms with Crippen molar-refractivity contribution in [3.63, 3.8) is 0 Å². The van der Waals surface area contributed by atoms with Crippen molar-refractivity contribution >= 4 is 33.4 Å². The van der Waals surface area contributed by atoms with Gasteiger partial charge in [-0.1, -0.05) is 54.1 Å². The molecule has 0 radical (unpaired) electrons. The van der Waals surface area contributed by atoms with Gasteiger partial charge in [0, 0.05) is 25.2 Å². The molecule has 0 fully saturated rings. The van der Waals surface area contributed by atoms with E-state index in [1.165, 1.54) is 11.9 Å². The summed E-state index contributed by atoms with van der Waals surface area (Å²) in [5.74, 6) is -0.802. The summed E-state index contributed by atoms with van der Waals surface area (Å²) in [5, 5.41) is 3.38. The highest BCUT2D eigenvalue weighted by molar-refractivity contribution is 7.88. The number of nitrogens with zero attached hydrogens (tertiary/aromatic N) is 2. The van der Waals surface area contributed by atoms with Crippen LogP contribution in [0, 0.1) is 0 Å². The first-order valence-corrected chi connectivity index (χ1v) is 11.6. The average molecular weight is 452 g/mol. The summed E-state index contributed by atoms with van der Waals surface area (Å²) in [5.41, 5.74) is 1.71. The molecule has 9 heteroatoms. The van der Waals surface area contributed by atoms with E-state index in [4.69, 9.17) is 11.6 Å². The molecule has 30 heavy (non-hydrogen) atoms. The van der Waals surface area contributed by atoms with Crippen molar-refractivity contribution in [3.8, 4) is 0 Å². The standard InChI is InChI=1S/C21H26ClN3O4S/c1-16(21(27)23-13-17-7-5-4-6-8-17)25(14-18-9-11-19(22)12-10-18)20(26)15-24(2)30(3,28)29/h4-12,16H,13-15H2,1-3H3,(H,23,27)/t16-/m1/s1. The molecule has 0 unspecified atom stereocenters. The second-order valence-electron chi connectivity index (χ2n) is 7.05. The van der Waals surface area contributed by atoms with Gasteiger partial charge in [0.05, 0.1) is 12.8 Å². The number of amides is 2. The van der Waals surface area contributed by atoms with E-state index in [-0.39, 0.29) is 19.0 Å². The number of carbonyl (C=O) groups excluding carboxylic acids is 2. The third-order valence-electron chi connectivity index (χ3n) is 4.67. The number of rotatable bonds is 9. The van der Waals surface area contributed by atoms with E-state index in [1.807, 2.05) is 30.3 Å². The third kappa shape index (κ3) is 7.12. The molecule has 0 heterocycles. The maximum Gasteiger partial charge on any atom is 0.242 e. The van der Waals surface area contributed by atoms with Crippen LogP contribution in [0.2, 0.25) is 5.02 Å². The molecule has 0 saturated carbocycles. The van der Waals surface area contributed by atoms with E-state index < -0.39 is 22.0 Å². The smallest absolute Gasteiger partial charge is 0.242 e. The lowest BCUT2D eigenvalue weighted by atomic mass is 10.1. The Labute approximate surface area is 182 Å². The highest BCUT2D eigenvalue weighted by atomic mass is 35.5. The van der Waals surface area contributed by atoms with Gasteiger partial charge in [-0.25, -0.2) is 8.42 Å². The predicted molar refractivity (Wildman–Crippen MR) is 117 cm³/mol. The van der Waals surface area contributed by atoms with Gasteiger partial charge in [-0.3, -0.25) is 9.59 Å². The topological polar surface area (TPSA) is 86.8 Å². The number of hydrogen-bond donors (Lipinski definition) is 1. The zero-order valence-corrected chi connectivity index (χ0v) is 18.8. The summed E-state index contributed by atoms with van der Waals surface area (Å²) in [6, 6.07) is 15.5. The molecule has 0 aliphatic rings. The first-order valence-electron chi connectivity index (χ1n) is 9.35. The van der Waals surface area contributed by atoms with Gasteiger partial charge in [0.1, 0.15) is 6.04 Å². The third-order valence-corrected chi connectivity index (χ3v) is 6.18. The summed E-state index contributed by atoms with van der Waals surface area (Å²) in [6.45, 7) is 1.74. The Bertz CT molecular complexity index is 966. The van der Waals surface area contributed by atoms with Gasteiger partial charge in [-0.2, -0.15) is 4.31 Å². The Morgan fingerprint density at radius 3 is 2.20 bits per heavy atom. The normalized spacial score (nSPS) is 12.4. The van der Waals surface area contributed by atoms with Gasteiger partial charge in [0.15, 0.2) is 0 Å². The fourth-order valence-electron chi connectivity index (χ4n) is 2.70. The van der Waals surface area contributed by atoms with Crippen LogP contribution in [0.25, 0.3) is 0 Å². The molecule has 2 rings (SSSR count). The number of halogens is 1. The van der Waals surface area contributed by atoms with Crippen molar-refractivity contribution in [2.45, 2.75) is 26.1 Å². The van der Waals surface area contributed by atoms with Gasteiger partial charge in [-0.15, -0.1) is 0 Å². The van der Waals surface area contributed by atoms with Crippen molar-refractivity contribution in [2.24, 2.45) is 0 Å². The van der Waals surface area contributed by atoms with Crippen molar-refractivity contribution in [1.29, 1.82) is 0 Å². The predicted octanol–water partition coefficient (Wildman–Crippen LogP) is 2.26. The monoisotopic (exact) mass is 451 g/mol. The largest absolute Gasteiger partial charge is 0.350 e. The second kappa shape index (κ2) is 10.6. The maximum absolute atomic E-state index is 12.9. The zero-order valence-electron chi connectivity index (χ0n) is 17.2. The van der Waals surface area contributed by atoms with Gasteiger partial charge < -0.3 is 10.2 Å². The number of carbonyl (C=O) groups is 2. The van der Waals surface area contributed by atoms with Crippen LogP contribution in [0.4, 0.5) is 0 Å². The minimum Gasteiger partial charge on any atom is -0.350 e. The Kier molecular flexibility index (Phi) is 8.40. The van der Waals surface area contributed by atoms with Crippen molar-refractivity contribution in [3.05, 3.63) is 70.7 Å². The minimum atomic E-state index is -3.53. The lowest BCUT2D eigenvalue weighted by Gasteiger charge is -2.30. The second-order valence-corrected chi connectivity index (χ2v) is 9.57. The maximum atomic E-state index is 12.9. The number of nitrogens with one attached hydrogen (secondary N) is 1. The van der Waals surface area contributed by atoms with Gasteiger partial charge in [-0.05, 0) is 30.2 Å². The summed E-state index contributed by atoms with van der Waals surface area (Å²) in [6.07, 6.45) is 1.03. The molecule has 0 spiro atoms. The highest BCUT2D eigenvalue weighted by Gasteiger charge is 2.28. The van der Waals surface area contributed by atoms with E-state index in [2.05, 4.69) is 5.32 Å². The lowest BCUT2D eigenvalue weighted by molar-refractivity contribution is -0.140. The molecule has 0 aliphatic heterocycles. The molecule has 2 amide bonds. The average Bonchev–Trinajstić information content (AvgIpc) is 2.71. The Morgan fingerprint density at radius 1 is 1.03 bits per heavy atom. The quantitative estimate of drug-likeness (QED) is 0.633. The van der Waals surface area contributed by atoms with E-state index in [0.717, 1.165) is 21.7 Å². The molecular weight excluding hydrogens is 426 g/mol.